The fourth-order valence-electron chi connectivity index (χ4n) is 4.85. The lowest BCUT2D eigenvalue weighted by Crippen LogP contribution is -2.29. The molecule has 0 aliphatic carbocycles. The smallest absolute Gasteiger partial charge is 0.250 e. The molecule has 0 spiro atoms. The number of hydrogen-bond donors (Lipinski definition) is 2. The largest absolute Gasteiger partial charge is 0.491 e. The van der Waals surface area contributed by atoms with Gasteiger partial charge in [0.2, 0.25) is 10.0 Å². The zero-order valence-electron chi connectivity index (χ0n) is 23.1. The molecule has 3 aromatic rings. The summed E-state index contributed by atoms with van der Waals surface area (Å²) in [5, 5.41) is 2.76. The fourth-order valence-corrected chi connectivity index (χ4v) is 5.61. The Morgan fingerprint density at radius 1 is 1.15 bits per heavy atom. The van der Waals surface area contributed by atoms with Crippen LogP contribution in [-0.4, -0.2) is 55.7 Å². The molecule has 216 valence electrons. The van der Waals surface area contributed by atoms with Gasteiger partial charge in [-0.3, -0.25) is 4.72 Å². The number of hydrogen-bond acceptors (Lipinski definition) is 8. The summed E-state index contributed by atoms with van der Waals surface area (Å²) in [7, 11) is -3.55. The number of nitrogens with zero attached hydrogens (tertiary/aromatic N) is 4. The Balaban J connectivity index is 1.73. The SMILES string of the molecule is Cc1cc(-c2cnc(Cl)c(NS(C)(=O)=O)c2)cc2c1OCCN(c1nc(CNCC(F)F)nc(C)c1C(C)C)C2. The summed E-state index contributed by atoms with van der Waals surface area (Å²) in [6.07, 6.45) is 0.186. The van der Waals surface area contributed by atoms with E-state index in [0.717, 1.165) is 45.8 Å². The average Bonchev–Trinajstić information content (AvgIpc) is 3.06. The van der Waals surface area contributed by atoms with E-state index in [1.807, 2.05) is 26.0 Å². The molecule has 1 aliphatic heterocycles. The van der Waals surface area contributed by atoms with Crippen molar-refractivity contribution >= 4 is 33.1 Å². The molecule has 0 unspecified atom stereocenters. The maximum Gasteiger partial charge on any atom is 0.250 e. The molecule has 3 heterocycles. The van der Waals surface area contributed by atoms with Gasteiger partial charge in [0.15, 0.2) is 5.15 Å². The van der Waals surface area contributed by atoms with Gasteiger partial charge in [-0.05, 0) is 49.1 Å². The number of fused-ring (bicyclic) bond motifs is 1. The number of nitrogens with one attached hydrogen (secondary N) is 2. The minimum absolute atomic E-state index is 0.0503. The van der Waals surface area contributed by atoms with Crippen LogP contribution in [0.25, 0.3) is 11.1 Å². The molecule has 2 aromatic heterocycles. The van der Waals surface area contributed by atoms with Crippen molar-refractivity contribution in [1.82, 2.24) is 20.3 Å². The summed E-state index contributed by atoms with van der Waals surface area (Å²) in [5.41, 5.74) is 5.34. The molecule has 0 amide bonds. The van der Waals surface area contributed by atoms with Crippen LogP contribution >= 0.6 is 11.6 Å². The van der Waals surface area contributed by atoms with Crippen molar-refractivity contribution in [3.63, 3.8) is 0 Å². The second-order valence-corrected chi connectivity index (χ2v) is 12.2. The third kappa shape index (κ3) is 7.15. The molecule has 0 fully saturated rings. The Morgan fingerprint density at radius 3 is 2.58 bits per heavy atom. The number of aromatic nitrogens is 3. The number of anilines is 2. The molecular weight excluding hydrogens is 562 g/mol. The average molecular weight is 595 g/mol. The molecule has 0 radical (unpaired) electrons. The van der Waals surface area contributed by atoms with Gasteiger partial charge in [-0.1, -0.05) is 25.4 Å². The van der Waals surface area contributed by atoms with Gasteiger partial charge in [-0.25, -0.2) is 32.2 Å². The first-order valence-electron chi connectivity index (χ1n) is 12.8. The standard InChI is InChI=1S/C27H33ClF2N6O3S/c1-15(2)24-17(4)33-23(13-31-12-22(29)30)34-27(24)36-6-7-39-25-16(3)8-18(9-20(25)14-36)19-10-21(26(28)32-11-19)35-40(5,37)38/h8-11,15,22,31,35H,6-7,12-14H2,1-5H3. The Hall–Kier alpha value is -3.09. The van der Waals surface area contributed by atoms with Gasteiger partial charge in [-0.2, -0.15) is 0 Å². The van der Waals surface area contributed by atoms with E-state index in [-0.39, 0.29) is 23.3 Å². The summed E-state index contributed by atoms with van der Waals surface area (Å²) in [5.74, 6) is 2.11. The molecule has 0 saturated carbocycles. The molecule has 0 bridgehead atoms. The lowest BCUT2D eigenvalue weighted by Gasteiger charge is -2.27. The quantitative estimate of drug-likeness (QED) is 0.331. The monoisotopic (exact) mass is 594 g/mol. The predicted octanol–water partition coefficient (Wildman–Crippen LogP) is 5.06. The summed E-state index contributed by atoms with van der Waals surface area (Å²) >= 11 is 6.14. The minimum Gasteiger partial charge on any atom is -0.491 e. The first-order chi connectivity index (χ1) is 18.8. The highest BCUT2D eigenvalue weighted by atomic mass is 35.5. The first kappa shape index (κ1) is 29.9. The van der Waals surface area contributed by atoms with Crippen LogP contribution in [0.15, 0.2) is 24.4 Å². The van der Waals surface area contributed by atoms with Crippen LogP contribution in [0.4, 0.5) is 20.3 Å². The number of benzene rings is 1. The van der Waals surface area contributed by atoms with Crippen molar-refractivity contribution in [2.45, 2.75) is 53.1 Å². The van der Waals surface area contributed by atoms with Crippen molar-refractivity contribution in [1.29, 1.82) is 0 Å². The topological polar surface area (TPSA) is 109 Å². The zero-order valence-corrected chi connectivity index (χ0v) is 24.6. The maximum atomic E-state index is 12.7. The van der Waals surface area contributed by atoms with Crippen LogP contribution in [-0.2, 0) is 23.1 Å². The Bertz CT molecular complexity index is 1500. The first-order valence-corrected chi connectivity index (χ1v) is 15.1. The third-order valence-corrected chi connectivity index (χ3v) is 7.30. The van der Waals surface area contributed by atoms with Crippen LogP contribution in [0.3, 0.4) is 0 Å². The Kier molecular flexibility index (Phi) is 9.11. The van der Waals surface area contributed by atoms with Gasteiger partial charge in [0.25, 0.3) is 6.43 Å². The van der Waals surface area contributed by atoms with Crippen molar-refractivity contribution < 1.29 is 21.9 Å². The number of halogens is 3. The van der Waals surface area contributed by atoms with E-state index in [2.05, 4.69) is 38.8 Å². The van der Waals surface area contributed by atoms with Crippen LogP contribution in [0.1, 0.15) is 48.0 Å². The lowest BCUT2D eigenvalue weighted by atomic mass is 9.99. The second kappa shape index (κ2) is 12.2. The van der Waals surface area contributed by atoms with Crippen molar-refractivity contribution in [3.05, 3.63) is 57.8 Å². The highest BCUT2D eigenvalue weighted by Crippen LogP contribution is 2.37. The molecule has 2 N–H and O–H groups in total. The maximum absolute atomic E-state index is 12.7. The second-order valence-electron chi connectivity index (χ2n) is 10.1. The molecule has 9 nitrogen and oxygen atoms in total. The summed E-state index contributed by atoms with van der Waals surface area (Å²) in [4.78, 5) is 15.7. The Labute approximate surface area is 238 Å². The third-order valence-electron chi connectivity index (χ3n) is 6.41. The molecular formula is C27H33ClF2N6O3S. The van der Waals surface area contributed by atoms with Gasteiger partial charge in [0.05, 0.1) is 31.6 Å². The van der Waals surface area contributed by atoms with Crippen molar-refractivity contribution in [3.8, 4) is 16.9 Å². The van der Waals surface area contributed by atoms with Gasteiger partial charge in [-0.15, -0.1) is 0 Å². The van der Waals surface area contributed by atoms with E-state index in [1.54, 1.807) is 12.3 Å². The van der Waals surface area contributed by atoms with Crippen LogP contribution in [0, 0.1) is 13.8 Å². The zero-order chi connectivity index (χ0) is 29.2. The van der Waals surface area contributed by atoms with Crippen LogP contribution in [0.5, 0.6) is 5.75 Å². The Morgan fingerprint density at radius 2 is 1.90 bits per heavy atom. The highest BCUT2D eigenvalue weighted by molar-refractivity contribution is 7.92. The molecule has 0 atom stereocenters. The van der Waals surface area contributed by atoms with Gasteiger partial charge in [0, 0.05) is 35.1 Å². The predicted molar refractivity (Wildman–Crippen MR) is 153 cm³/mol. The van der Waals surface area contributed by atoms with E-state index in [9.17, 15) is 17.2 Å². The molecule has 40 heavy (non-hydrogen) atoms. The molecule has 0 saturated heterocycles. The van der Waals surface area contributed by atoms with Crippen LogP contribution < -0.4 is 19.7 Å². The molecule has 1 aromatic carbocycles. The highest BCUT2D eigenvalue weighted by Gasteiger charge is 2.25. The summed E-state index contributed by atoms with van der Waals surface area (Å²) in [6.45, 7) is 9.20. The number of pyridine rings is 1. The summed E-state index contributed by atoms with van der Waals surface area (Å²) in [6, 6.07) is 5.60. The van der Waals surface area contributed by atoms with Crippen molar-refractivity contribution in [2.75, 3.05) is 35.6 Å². The van der Waals surface area contributed by atoms with E-state index in [4.69, 9.17) is 21.3 Å². The van der Waals surface area contributed by atoms with E-state index < -0.39 is 23.0 Å². The number of rotatable bonds is 9. The number of aryl methyl sites for hydroxylation is 2. The van der Waals surface area contributed by atoms with E-state index in [1.165, 1.54) is 0 Å². The minimum atomic E-state index is -3.55. The van der Waals surface area contributed by atoms with E-state index >= 15 is 0 Å². The van der Waals surface area contributed by atoms with Crippen LogP contribution in [0.2, 0.25) is 5.15 Å². The lowest BCUT2D eigenvalue weighted by molar-refractivity contribution is 0.145. The number of ether oxygens (including phenoxy) is 1. The molecule has 1 aliphatic rings. The van der Waals surface area contributed by atoms with E-state index in [0.29, 0.717) is 31.1 Å². The van der Waals surface area contributed by atoms with Gasteiger partial charge in [0.1, 0.15) is 24.0 Å². The van der Waals surface area contributed by atoms with Gasteiger partial charge >= 0.3 is 0 Å². The molecule has 4 rings (SSSR count). The molecule has 13 heteroatoms. The number of sulfonamides is 1. The fraction of sp³-hybridized carbons (Fsp3) is 0.444. The van der Waals surface area contributed by atoms with Crippen molar-refractivity contribution in [2.24, 2.45) is 0 Å². The van der Waals surface area contributed by atoms with Gasteiger partial charge < -0.3 is 15.0 Å². The normalized spacial score (nSPS) is 13.8. The summed E-state index contributed by atoms with van der Waals surface area (Å²) < 4.78 is 57.5. The number of alkyl halides is 2.